The first kappa shape index (κ1) is 23.7. The Morgan fingerprint density at radius 2 is 1.16 bits per heavy atom. The molecule has 0 heterocycles. The van der Waals surface area contributed by atoms with E-state index in [9.17, 15) is 0 Å². The van der Waals surface area contributed by atoms with Gasteiger partial charge >= 0.3 is 0 Å². The van der Waals surface area contributed by atoms with Gasteiger partial charge in [-0.05, 0) is 103 Å². The van der Waals surface area contributed by atoms with E-state index in [1.165, 1.54) is 65.7 Å². The molecule has 0 spiro atoms. The molecule has 0 fully saturated rings. The highest BCUT2D eigenvalue weighted by atomic mass is 14.2. The van der Waals surface area contributed by atoms with Crippen LogP contribution in [-0.2, 0) is 0 Å². The lowest BCUT2D eigenvalue weighted by atomic mass is 9.81. The molecular formula is C38H30. The van der Waals surface area contributed by atoms with E-state index in [1.807, 2.05) is 12.2 Å². The van der Waals surface area contributed by atoms with Crippen molar-refractivity contribution in [2.24, 2.45) is 0 Å². The third-order valence-electron chi connectivity index (χ3n) is 7.78. The van der Waals surface area contributed by atoms with Crippen molar-refractivity contribution < 1.29 is 0 Å². The summed E-state index contributed by atoms with van der Waals surface area (Å²) >= 11 is 0. The molecule has 6 aromatic rings. The fraction of sp³-hybridized carbons (Fsp3) is 0.0526. The van der Waals surface area contributed by atoms with E-state index in [2.05, 4.69) is 136 Å². The van der Waals surface area contributed by atoms with Gasteiger partial charge in [0.1, 0.15) is 0 Å². The number of rotatable bonds is 5. The summed E-state index contributed by atoms with van der Waals surface area (Å²) in [7, 11) is 0. The minimum Gasteiger partial charge on any atom is -0.0984 e. The van der Waals surface area contributed by atoms with Crippen LogP contribution in [0.25, 0.3) is 72.3 Å². The molecule has 0 aliphatic heterocycles. The van der Waals surface area contributed by atoms with E-state index in [0.717, 1.165) is 11.1 Å². The molecule has 0 atom stereocenters. The third kappa shape index (κ3) is 3.69. The van der Waals surface area contributed by atoms with Gasteiger partial charge in [0.15, 0.2) is 0 Å². The predicted molar refractivity (Wildman–Crippen MR) is 169 cm³/mol. The zero-order valence-electron chi connectivity index (χ0n) is 22.0. The van der Waals surface area contributed by atoms with Crippen molar-refractivity contribution in [1.29, 1.82) is 0 Å². The quantitative estimate of drug-likeness (QED) is 0.213. The molecular weight excluding hydrogens is 456 g/mol. The molecule has 0 saturated carbocycles. The Morgan fingerprint density at radius 1 is 0.579 bits per heavy atom. The number of benzene rings is 6. The Hall–Kier alpha value is -4.68. The molecule has 6 aromatic carbocycles. The average molecular weight is 487 g/mol. The maximum absolute atomic E-state index is 4.31. The maximum Gasteiger partial charge on any atom is -0.00201 e. The van der Waals surface area contributed by atoms with Crippen molar-refractivity contribution in [3.05, 3.63) is 139 Å². The minimum atomic E-state index is 1.11. The molecule has 0 aromatic heterocycles. The van der Waals surface area contributed by atoms with Gasteiger partial charge < -0.3 is 0 Å². The van der Waals surface area contributed by atoms with Crippen LogP contribution in [0.2, 0.25) is 0 Å². The van der Waals surface area contributed by atoms with Crippen LogP contribution in [0.5, 0.6) is 0 Å². The largest absolute Gasteiger partial charge is 0.0984 e. The van der Waals surface area contributed by atoms with E-state index in [1.54, 1.807) is 0 Å². The van der Waals surface area contributed by atoms with Crippen molar-refractivity contribution in [3.8, 4) is 22.3 Å². The Morgan fingerprint density at radius 3 is 1.84 bits per heavy atom. The molecule has 0 radical (unpaired) electrons. The van der Waals surface area contributed by atoms with Crippen molar-refractivity contribution in [1.82, 2.24) is 0 Å². The number of allylic oxidation sites excluding steroid dienone is 2. The van der Waals surface area contributed by atoms with E-state index < -0.39 is 0 Å². The van der Waals surface area contributed by atoms with Gasteiger partial charge in [0.05, 0.1) is 0 Å². The van der Waals surface area contributed by atoms with Crippen molar-refractivity contribution in [3.63, 3.8) is 0 Å². The fourth-order valence-electron chi connectivity index (χ4n) is 5.85. The Bertz CT molecular complexity index is 1910. The van der Waals surface area contributed by atoms with Crippen LogP contribution in [-0.4, -0.2) is 0 Å². The second-order valence-corrected chi connectivity index (χ2v) is 9.77. The van der Waals surface area contributed by atoms with Gasteiger partial charge in [-0.2, -0.15) is 0 Å². The van der Waals surface area contributed by atoms with E-state index in [0.29, 0.717) is 0 Å². The van der Waals surface area contributed by atoms with Crippen molar-refractivity contribution in [2.45, 2.75) is 13.8 Å². The van der Waals surface area contributed by atoms with Crippen LogP contribution in [0, 0.1) is 0 Å². The highest BCUT2D eigenvalue weighted by molar-refractivity contribution is 6.19. The average Bonchev–Trinajstić information content (AvgIpc) is 2.99. The topological polar surface area (TPSA) is 0 Å². The lowest BCUT2D eigenvalue weighted by Crippen LogP contribution is -1.97. The lowest BCUT2D eigenvalue weighted by Gasteiger charge is -2.22. The van der Waals surface area contributed by atoms with E-state index in [4.69, 9.17) is 0 Å². The first-order valence-electron chi connectivity index (χ1n) is 13.1. The first-order chi connectivity index (χ1) is 18.7. The first-order valence-corrected chi connectivity index (χ1v) is 13.1. The zero-order chi connectivity index (χ0) is 26.2. The summed E-state index contributed by atoms with van der Waals surface area (Å²) in [4.78, 5) is 0. The minimum absolute atomic E-state index is 1.11. The van der Waals surface area contributed by atoms with E-state index in [-0.39, 0.29) is 0 Å². The summed E-state index contributed by atoms with van der Waals surface area (Å²) in [5.41, 5.74) is 9.53. The monoisotopic (exact) mass is 486 g/mol. The second kappa shape index (κ2) is 9.65. The van der Waals surface area contributed by atoms with Gasteiger partial charge in [-0.3, -0.25) is 0 Å². The molecule has 6 rings (SSSR count). The van der Waals surface area contributed by atoms with Gasteiger partial charge in [-0.25, -0.2) is 0 Å². The zero-order valence-corrected chi connectivity index (χ0v) is 22.0. The van der Waals surface area contributed by atoms with Crippen molar-refractivity contribution >= 4 is 50.0 Å². The molecule has 0 aliphatic rings. The molecule has 0 amide bonds. The van der Waals surface area contributed by atoms with Crippen LogP contribution >= 0.6 is 0 Å². The van der Waals surface area contributed by atoms with Crippen molar-refractivity contribution in [2.75, 3.05) is 0 Å². The van der Waals surface area contributed by atoms with Crippen LogP contribution in [0.1, 0.15) is 30.5 Å². The summed E-state index contributed by atoms with van der Waals surface area (Å²) in [5.74, 6) is 0. The van der Waals surface area contributed by atoms with E-state index >= 15 is 0 Å². The van der Waals surface area contributed by atoms with Gasteiger partial charge in [0, 0.05) is 0 Å². The fourth-order valence-corrected chi connectivity index (χ4v) is 5.85. The van der Waals surface area contributed by atoms with Gasteiger partial charge in [-0.15, -0.1) is 0 Å². The van der Waals surface area contributed by atoms with Crippen LogP contribution in [0.3, 0.4) is 0 Å². The molecule has 0 aliphatic carbocycles. The molecule has 0 bridgehead atoms. The maximum atomic E-state index is 4.31. The summed E-state index contributed by atoms with van der Waals surface area (Å²) < 4.78 is 0. The summed E-state index contributed by atoms with van der Waals surface area (Å²) in [5, 5.41) is 7.45. The Labute approximate surface area is 224 Å². The summed E-state index contributed by atoms with van der Waals surface area (Å²) in [6, 6.07) is 37.3. The van der Waals surface area contributed by atoms with Gasteiger partial charge in [0.2, 0.25) is 0 Å². The summed E-state index contributed by atoms with van der Waals surface area (Å²) in [6.45, 7) is 12.9. The number of hydrogen-bond donors (Lipinski definition) is 0. The molecule has 0 N–H and O–H groups in total. The molecule has 0 unspecified atom stereocenters. The van der Waals surface area contributed by atoms with Gasteiger partial charge in [0.25, 0.3) is 0 Å². The highest BCUT2D eigenvalue weighted by Crippen LogP contribution is 2.46. The number of fused-ring (bicyclic) bond motifs is 4. The highest BCUT2D eigenvalue weighted by Gasteiger charge is 2.20. The number of hydrogen-bond acceptors (Lipinski definition) is 0. The standard InChI is InChI=1S/C38H30/c1-5-25(4)26-16-14-17-28(23-26)37-29(6-2)30(7-3)38(35-22-13-12-21-34(35)37)36-24-27-15-8-9-18-31(27)32-19-10-11-20-33(32)36/h5-24H,2-3H2,1,4H3. The third-order valence-corrected chi connectivity index (χ3v) is 7.78. The lowest BCUT2D eigenvalue weighted by molar-refractivity contribution is 1.53. The summed E-state index contributed by atoms with van der Waals surface area (Å²) in [6.07, 6.45) is 6.17. The second-order valence-electron chi connectivity index (χ2n) is 9.77. The molecule has 182 valence electrons. The molecule has 0 saturated heterocycles. The van der Waals surface area contributed by atoms with Gasteiger partial charge in [-0.1, -0.05) is 122 Å². The van der Waals surface area contributed by atoms with Crippen LogP contribution in [0.4, 0.5) is 0 Å². The SMILES string of the molecule is C=Cc1c(C=C)c(-c2cc3ccccc3c3ccccc23)c2ccccc2c1-c1cccc(C(C)=CC)c1. The molecule has 0 nitrogen and oxygen atoms in total. The smallest absolute Gasteiger partial charge is 0.00201 e. The normalized spacial score (nSPS) is 11.8. The Balaban J connectivity index is 1.79. The predicted octanol–water partition coefficient (Wildman–Crippen LogP) is 11.2. The Kier molecular flexibility index (Phi) is 6.02. The van der Waals surface area contributed by atoms with Crippen LogP contribution in [0.15, 0.2) is 122 Å². The van der Waals surface area contributed by atoms with Crippen LogP contribution < -0.4 is 0 Å². The molecule has 38 heavy (non-hydrogen) atoms. The molecule has 0 heteroatoms.